The average molecular weight is 1930 g/mol. The maximum absolute atomic E-state index is 15.0. The first kappa shape index (κ1) is 115. The molecular weight excluding hydrogens is 1800 g/mol. The number of phenolic OH excluding ortho intramolecular Hbond substituents is 2. The molecule has 0 unspecified atom stereocenters. The molecule has 1 fully saturated rings. The lowest BCUT2D eigenvalue weighted by atomic mass is 9.94. The molecule has 0 saturated carbocycles. The van der Waals surface area contributed by atoms with Crippen molar-refractivity contribution in [1.82, 2.24) is 79.3 Å². The highest BCUT2D eigenvalue weighted by molar-refractivity contribution is 7.98. The van der Waals surface area contributed by atoms with Gasteiger partial charge in [0.15, 0.2) is 5.96 Å². The SMILES string of the molecule is CC[C@H](C)[C@H](NC(=O)[C@H](CC(=O)O)NC(=O)[C@@H]1CCCN1C(=O)[C@H](CC(N)=O)NC(=O)[C@H](CCC(N)=O)NC(=O)[C@H](CCCCN)NC(=O)[C@H](CCCNC(=N)N)NC(=O)[C@@H](N)Cc1ccccc1)C(=O)N[C@H](C(=O)N[C@H](C(=O)N[C@@H](Cc1ccc(O)cc1)C(=O)N[C@@H](CCC(N)=O)C(=O)N[C@@H](Cc1ccc(O)cc1)C(=O)N[C@@H](CCSC)C(=O)N[C@@H](CC(=O)O)C(=O)O)[C@@H](C)CC)C(C)C. The predicted molar refractivity (Wildman–Crippen MR) is 493 cm³/mol. The number of carbonyl (C=O) groups is 20. The van der Waals surface area contributed by atoms with Gasteiger partial charge in [0.1, 0.15) is 96.1 Å². The van der Waals surface area contributed by atoms with Crippen LogP contribution in [0, 0.1) is 23.2 Å². The average Bonchev–Trinajstić information content (AvgIpc) is 1.72. The van der Waals surface area contributed by atoms with Crippen molar-refractivity contribution in [3.8, 4) is 11.5 Å². The number of phenols is 2. The molecule has 0 bridgehead atoms. The molecule has 1 heterocycles. The number of nitrogens with zero attached hydrogens (tertiary/aromatic N) is 1. The Balaban J connectivity index is 1.62. The Bertz CT molecular complexity index is 4630. The number of unbranched alkanes of at least 4 members (excludes halogenated alkanes) is 1. The summed E-state index contributed by atoms with van der Waals surface area (Å²) in [6, 6.07) is -5.21. The van der Waals surface area contributed by atoms with Crippen LogP contribution in [-0.2, 0) is 115 Å². The number of aliphatic carboxylic acids is 3. The number of aromatic hydroxyl groups is 2. The van der Waals surface area contributed by atoms with Crippen LogP contribution in [0.5, 0.6) is 11.5 Å². The standard InChI is InChI=1S/C88H132N22O25S/c1-8-46(5)71(84(131)104-60(41-50-24-28-52(112)29-25-50)80(127)100-56(30-32-65(91)113)76(123)102-59(40-49-22-26-51(111)27-23-49)79(126)101-58(34-38-136-7)78(125)106-63(87(134)135)44-69(118)119)109-83(130)70(45(3)4)107-85(132)72(47(6)9-2)108-81(128)61(43-68(116)117)103-82(129)64-21-16-37-110(64)86(133)62(42-67(93)115)105-77(124)57(31-33-66(92)114)99-74(121)54(19-13-14-35-89)98-75(122)55(20-15-36-96-88(94)95)97-73(120)53(90)39-48-17-11-10-12-18-48/h10-12,17-18,22-29,45-47,53-64,70-72,111-112H,8-9,13-16,19-21,30-44,89-90H2,1-7H3,(H2,91,113)(H2,92,114)(H2,93,115)(H,97,120)(H,98,122)(H,99,121)(H,100,127)(H,101,126)(H,102,123)(H,103,129)(H,104,131)(H,105,124)(H,106,125)(H,107,132)(H,108,128)(H,109,130)(H,116,117)(H,118,119)(H,134,135)(H4,94,95,96)/t46-,47-,53-,54-,55-,56-,57-,58-,59-,60-,61-,62-,63-,64-,70-,71-,72-/m0/s1. The number of carboxylic acid groups (broad SMARTS) is 3. The van der Waals surface area contributed by atoms with Crippen LogP contribution in [0.1, 0.15) is 167 Å². The minimum atomic E-state index is -2.02. The Hall–Kier alpha value is -13.8. The van der Waals surface area contributed by atoms with Crippen LogP contribution in [0.2, 0.25) is 0 Å². The summed E-state index contributed by atoms with van der Waals surface area (Å²) in [5, 5.41) is 92.2. The molecule has 4 rings (SSSR count). The number of carbonyl (C=O) groups excluding carboxylic acids is 17. The third-order valence-electron chi connectivity index (χ3n) is 22.4. The summed E-state index contributed by atoms with van der Waals surface area (Å²) in [5.41, 5.74) is 35.5. The van der Waals surface area contributed by atoms with Crippen molar-refractivity contribution in [3.63, 3.8) is 0 Å². The van der Waals surface area contributed by atoms with E-state index in [0.29, 0.717) is 23.1 Å². The lowest BCUT2D eigenvalue weighted by Gasteiger charge is -2.32. The van der Waals surface area contributed by atoms with Crippen LogP contribution in [0.15, 0.2) is 78.9 Å². The van der Waals surface area contributed by atoms with Crippen molar-refractivity contribution < 1.29 is 121 Å². The monoisotopic (exact) mass is 1930 g/mol. The summed E-state index contributed by atoms with van der Waals surface area (Å²) in [7, 11) is 0. The van der Waals surface area contributed by atoms with E-state index >= 15 is 0 Å². The largest absolute Gasteiger partial charge is 0.508 e. The molecule has 136 heavy (non-hydrogen) atoms. The molecule has 1 saturated heterocycles. The highest BCUT2D eigenvalue weighted by Gasteiger charge is 2.44. The van der Waals surface area contributed by atoms with Crippen LogP contribution in [0.25, 0.3) is 0 Å². The fourth-order valence-corrected chi connectivity index (χ4v) is 14.8. The summed E-state index contributed by atoms with van der Waals surface area (Å²) in [5.74, 6) is -25.8. The lowest BCUT2D eigenvalue weighted by Crippen LogP contribution is -2.63. The molecule has 0 aliphatic carbocycles. The number of guanidine groups is 1. The van der Waals surface area contributed by atoms with E-state index in [1.165, 1.54) is 81.1 Å². The van der Waals surface area contributed by atoms with Crippen molar-refractivity contribution in [2.24, 2.45) is 52.2 Å². The Morgan fingerprint density at radius 3 is 1.24 bits per heavy atom. The zero-order chi connectivity index (χ0) is 102. The topological polar surface area (TPSA) is 794 Å². The first-order valence-corrected chi connectivity index (χ1v) is 46.0. The van der Waals surface area contributed by atoms with Gasteiger partial charge in [-0.05, 0) is 148 Å². The van der Waals surface area contributed by atoms with E-state index < -0.39 is 278 Å². The van der Waals surface area contributed by atoms with Gasteiger partial charge in [-0.1, -0.05) is 109 Å². The molecular formula is C88H132N22O25S. The summed E-state index contributed by atoms with van der Waals surface area (Å²) >= 11 is 1.23. The number of amides is 17. The van der Waals surface area contributed by atoms with Gasteiger partial charge in [0, 0.05) is 38.8 Å². The van der Waals surface area contributed by atoms with Crippen molar-refractivity contribution in [2.75, 3.05) is 31.6 Å². The molecule has 32 N–H and O–H groups in total. The number of benzene rings is 3. The Kier molecular flexibility index (Phi) is 49.2. The molecule has 0 radical (unpaired) electrons. The van der Waals surface area contributed by atoms with Crippen LogP contribution in [-0.4, -0.2) is 277 Å². The fraction of sp³-hybridized carbons (Fsp3) is 0.557. The van der Waals surface area contributed by atoms with Gasteiger partial charge in [0.2, 0.25) is 100 Å². The van der Waals surface area contributed by atoms with E-state index in [1.807, 2.05) is 0 Å². The smallest absolute Gasteiger partial charge is 0.326 e. The van der Waals surface area contributed by atoms with Gasteiger partial charge >= 0.3 is 17.9 Å². The molecule has 47 nitrogen and oxygen atoms in total. The van der Waals surface area contributed by atoms with Crippen molar-refractivity contribution in [1.29, 1.82) is 5.41 Å². The first-order chi connectivity index (χ1) is 64.2. The van der Waals surface area contributed by atoms with Crippen LogP contribution in [0.3, 0.4) is 0 Å². The number of rotatable bonds is 62. The van der Waals surface area contributed by atoms with E-state index in [1.54, 1.807) is 57.4 Å². The quantitative estimate of drug-likeness (QED) is 0.0143. The molecule has 48 heteroatoms. The molecule has 1 aliphatic rings. The van der Waals surface area contributed by atoms with E-state index in [4.69, 9.17) is 39.8 Å². The number of nitrogens with one attached hydrogen (secondary N) is 15. The molecule has 17 atom stereocenters. The number of primary amides is 3. The number of likely N-dealkylation sites (tertiary alicyclic amines) is 1. The van der Waals surface area contributed by atoms with Crippen molar-refractivity contribution >= 4 is 136 Å². The van der Waals surface area contributed by atoms with Gasteiger partial charge in [-0.2, -0.15) is 11.8 Å². The highest BCUT2D eigenvalue weighted by Crippen LogP contribution is 2.23. The Morgan fingerprint density at radius 1 is 0.426 bits per heavy atom. The van der Waals surface area contributed by atoms with Crippen LogP contribution >= 0.6 is 11.8 Å². The lowest BCUT2D eigenvalue weighted by molar-refractivity contribution is -0.147. The molecule has 0 spiro atoms. The Morgan fingerprint density at radius 2 is 0.809 bits per heavy atom. The molecule has 1 aliphatic heterocycles. The highest BCUT2D eigenvalue weighted by atomic mass is 32.2. The molecule has 3 aromatic rings. The van der Waals surface area contributed by atoms with E-state index in [9.17, 15) is 121 Å². The second-order valence-corrected chi connectivity index (χ2v) is 34.6. The van der Waals surface area contributed by atoms with Gasteiger partial charge in [-0.25, -0.2) is 4.79 Å². The zero-order valence-corrected chi connectivity index (χ0v) is 77.9. The van der Waals surface area contributed by atoms with Gasteiger partial charge < -0.3 is 139 Å². The fourth-order valence-electron chi connectivity index (χ4n) is 14.3. The summed E-state index contributed by atoms with van der Waals surface area (Å²) in [6.45, 7) is 9.39. The van der Waals surface area contributed by atoms with E-state index in [-0.39, 0.29) is 113 Å². The van der Waals surface area contributed by atoms with Crippen LogP contribution < -0.4 is 109 Å². The number of hydrogen-bond acceptors (Lipinski definition) is 26. The van der Waals surface area contributed by atoms with Crippen molar-refractivity contribution in [3.05, 3.63) is 95.6 Å². The number of thioether (sulfide) groups is 1. The first-order valence-electron chi connectivity index (χ1n) is 44.6. The van der Waals surface area contributed by atoms with Gasteiger partial charge in [-0.3, -0.25) is 96.5 Å². The number of nitrogens with two attached hydrogens (primary N) is 6. The normalized spacial score (nSPS) is 15.8. The molecule has 750 valence electrons. The number of hydrogen-bond donors (Lipinski definition) is 26. The minimum absolute atomic E-state index is 0.0623. The molecule has 3 aromatic carbocycles. The maximum Gasteiger partial charge on any atom is 0.326 e. The van der Waals surface area contributed by atoms with Gasteiger partial charge in [-0.15, -0.1) is 0 Å². The van der Waals surface area contributed by atoms with E-state index in [0.717, 1.165) is 4.90 Å². The zero-order valence-electron chi connectivity index (χ0n) is 77.1. The summed E-state index contributed by atoms with van der Waals surface area (Å²) in [4.78, 5) is 278. The Labute approximate surface area is 790 Å². The maximum atomic E-state index is 15.0. The summed E-state index contributed by atoms with van der Waals surface area (Å²) < 4.78 is 0. The third-order valence-corrected chi connectivity index (χ3v) is 23.1. The molecule has 17 amide bonds. The van der Waals surface area contributed by atoms with Crippen molar-refractivity contribution in [2.45, 2.75) is 261 Å². The summed E-state index contributed by atoms with van der Waals surface area (Å²) in [6.07, 6.45) is -3.81. The second-order valence-electron chi connectivity index (χ2n) is 33.6. The van der Waals surface area contributed by atoms with Gasteiger partial charge in [0.25, 0.3) is 0 Å². The predicted octanol–water partition coefficient (Wildman–Crippen LogP) is -4.92. The van der Waals surface area contributed by atoms with Gasteiger partial charge in [0.05, 0.1) is 25.3 Å². The second kappa shape index (κ2) is 58.4. The van der Waals surface area contributed by atoms with E-state index in [2.05, 4.69) is 74.4 Å². The van der Waals surface area contributed by atoms with Crippen LogP contribution in [0.4, 0.5) is 0 Å². The number of carboxylic acids is 3. The minimum Gasteiger partial charge on any atom is -0.508 e. The third kappa shape index (κ3) is 40.2. The molecule has 0 aromatic heterocycles.